The fourth-order valence-corrected chi connectivity index (χ4v) is 3.18. The van der Waals surface area contributed by atoms with Gasteiger partial charge in [0.05, 0.1) is 24.7 Å². The topological polar surface area (TPSA) is 75.3 Å². The summed E-state index contributed by atoms with van der Waals surface area (Å²) >= 11 is 0. The lowest BCUT2D eigenvalue weighted by Gasteiger charge is -2.27. The fraction of sp³-hybridized carbons (Fsp3) is 0.625. The summed E-state index contributed by atoms with van der Waals surface area (Å²) in [5.74, 6) is 1.65. The predicted molar refractivity (Wildman–Crippen MR) is 89.1 cm³/mol. The molecule has 4 rings (SSSR count). The Bertz CT molecular complexity index is 674. The molecule has 1 unspecified atom stereocenters. The maximum absolute atomic E-state index is 5.70. The third-order valence-corrected chi connectivity index (χ3v) is 4.43. The van der Waals surface area contributed by atoms with Gasteiger partial charge in [-0.05, 0) is 25.8 Å². The molecule has 7 nitrogen and oxygen atoms in total. The molecule has 124 valence electrons. The van der Waals surface area contributed by atoms with E-state index in [2.05, 4.69) is 21.3 Å². The fourth-order valence-electron chi connectivity index (χ4n) is 3.18. The number of nitrogens with one attached hydrogen (secondary N) is 2. The van der Waals surface area contributed by atoms with Crippen LogP contribution in [0.4, 0.5) is 11.8 Å². The van der Waals surface area contributed by atoms with Crippen LogP contribution in [0.5, 0.6) is 0 Å². The quantitative estimate of drug-likeness (QED) is 0.894. The van der Waals surface area contributed by atoms with Crippen molar-refractivity contribution in [2.45, 2.75) is 25.9 Å². The maximum Gasteiger partial charge on any atom is 0.229 e. The monoisotopic (exact) mass is 317 g/mol. The highest BCUT2D eigenvalue weighted by Gasteiger charge is 2.19. The zero-order chi connectivity index (χ0) is 15.6. The van der Waals surface area contributed by atoms with Gasteiger partial charge in [-0.25, -0.2) is 0 Å². The summed E-state index contributed by atoms with van der Waals surface area (Å²) in [6.45, 7) is 6.81. The number of hydrogen-bond acceptors (Lipinski definition) is 6. The molecule has 2 saturated heterocycles. The third-order valence-electron chi connectivity index (χ3n) is 4.43. The van der Waals surface area contributed by atoms with Crippen molar-refractivity contribution in [3.63, 3.8) is 0 Å². The molecule has 2 N–H and O–H groups in total. The summed E-state index contributed by atoms with van der Waals surface area (Å²) in [5.41, 5.74) is 1.97. The molecule has 0 aliphatic carbocycles. The van der Waals surface area contributed by atoms with E-state index in [9.17, 15) is 0 Å². The van der Waals surface area contributed by atoms with Crippen molar-refractivity contribution in [1.29, 1.82) is 0 Å². The highest BCUT2D eigenvalue weighted by molar-refractivity contribution is 5.89. The van der Waals surface area contributed by atoms with Crippen molar-refractivity contribution < 1.29 is 9.47 Å². The van der Waals surface area contributed by atoms with Crippen molar-refractivity contribution >= 4 is 22.8 Å². The van der Waals surface area contributed by atoms with Gasteiger partial charge in [-0.1, -0.05) is 0 Å². The molecule has 23 heavy (non-hydrogen) atoms. The molecule has 0 amide bonds. The highest BCUT2D eigenvalue weighted by atomic mass is 16.5. The molecule has 2 aromatic heterocycles. The first-order valence-electron chi connectivity index (χ1n) is 8.35. The Hall–Kier alpha value is -1.86. The van der Waals surface area contributed by atoms with E-state index in [1.165, 1.54) is 0 Å². The van der Waals surface area contributed by atoms with Gasteiger partial charge >= 0.3 is 0 Å². The van der Waals surface area contributed by atoms with E-state index in [-0.39, 0.29) is 6.10 Å². The van der Waals surface area contributed by atoms with Gasteiger partial charge in [-0.3, -0.25) is 0 Å². The zero-order valence-corrected chi connectivity index (χ0v) is 13.5. The number of fused-ring (bicyclic) bond motifs is 1. The summed E-state index contributed by atoms with van der Waals surface area (Å²) in [7, 11) is 0. The Labute approximate surface area is 135 Å². The largest absolute Gasteiger partial charge is 0.378 e. The summed E-state index contributed by atoms with van der Waals surface area (Å²) in [6.07, 6.45) is 2.55. The molecule has 7 heteroatoms. The minimum absolute atomic E-state index is 0.284. The van der Waals surface area contributed by atoms with Crippen LogP contribution >= 0.6 is 0 Å². The van der Waals surface area contributed by atoms with Gasteiger partial charge in [0.2, 0.25) is 5.95 Å². The van der Waals surface area contributed by atoms with Crippen LogP contribution in [0.1, 0.15) is 18.5 Å². The number of H-pyrrole nitrogens is 1. The molecular formula is C16H23N5O2. The minimum atomic E-state index is 0.284. The molecule has 2 fully saturated rings. The van der Waals surface area contributed by atoms with Crippen LogP contribution in [0.3, 0.4) is 0 Å². The number of anilines is 2. The number of aromatic amines is 1. The third kappa shape index (κ3) is 3.11. The standard InChI is InChI=1S/C16H23N5O2/c1-11-9-13-14(17-10-12-3-2-6-23-12)19-16(20-15(13)18-11)21-4-7-22-8-5-21/h9,12H,2-8,10H2,1H3,(H2,17,18,19,20). The van der Waals surface area contributed by atoms with Crippen molar-refractivity contribution in [2.75, 3.05) is 49.7 Å². The molecule has 1 atom stereocenters. The van der Waals surface area contributed by atoms with E-state index in [4.69, 9.17) is 19.4 Å². The van der Waals surface area contributed by atoms with Gasteiger partial charge in [-0.15, -0.1) is 0 Å². The lowest BCUT2D eigenvalue weighted by atomic mass is 10.2. The van der Waals surface area contributed by atoms with E-state index in [1.54, 1.807) is 0 Å². The summed E-state index contributed by atoms with van der Waals surface area (Å²) in [6, 6.07) is 2.09. The molecule has 2 aliphatic rings. The average molecular weight is 317 g/mol. The van der Waals surface area contributed by atoms with Gasteiger partial charge in [0.15, 0.2) is 0 Å². The second-order valence-electron chi connectivity index (χ2n) is 6.20. The van der Waals surface area contributed by atoms with Gasteiger partial charge in [0.25, 0.3) is 0 Å². The summed E-state index contributed by atoms with van der Waals surface area (Å²) in [4.78, 5) is 15.0. The SMILES string of the molecule is Cc1cc2c(NCC3CCCO3)nc(N3CCOCC3)nc2[nH]1. The number of aryl methyl sites for hydroxylation is 1. The number of morpholine rings is 1. The molecule has 0 spiro atoms. The number of rotatable bonds is 4. The van der Waals surface area contributed by atoms with Gasteiger partial charge < -0.3 is 24.7 Å². The first-order chi connectivity index (χ1) is 11.3. The summed E-state index contributed by atoms with van der Waals surface area (Å²) < 4.78 is 11.1. The lowest BCUT2D eigenvalue weighted by Crippen LogP contribution is -2.37. The van der Waals surface area contributed by atoms with Crippen LogP contribution in [-0.4, -0.2) is 60.5 Å². The van der Waals surface area contributed by atoms with Crippen molar-refractivity contribution in [2.24, 2.45) is 0 Å². The average Bonchev–Trinajstić information content (AvgIpc) is 3.21. The van der Waals surface area contributed by atoms with Crippen LogP contribution in [0.25, 0.3) is 11.0 Å². The Kier molecular flexibility index (Phi) is 4.05. The molecule has 0 bridgehead atoms. The van der Waals surface area contributed by atoms with Crippen molar-refractivity contribution in [3.05, 3.63) is 11.8 Å². The van der Waals surface area contributed by atoms with Gasteiger partial charge in [0.1, 0.15) is 11.5 Å². The minimum Gasteiger partial charge on any atom is -0.378 e. The predicted octanol–water partition coefficient (Wildman–Crippen LogP) is 1.69. The second-order valence-corrected chi connectivity index (χ2v) is 6.20. The van der Waals surface area contributed by atoms with Crippen LogP contribution < -0.4 is 10.2 Å². The second kappa shape index (κ2) is 6.33. The molecule has 0 radical (unpaired) electrons. The van der Waals surface area contributed by atoms with Crippen LogP contribution in [0.15, 0.2) is 6.07 Å². The molecule has 0 aromatic carbocycles. The smallest absolute Gasteiger partial charge is 0.229 e. The van der Waals surface area contributed by atoms with Crippen LogP contribution in [-0.2, 0) is 9.47 Å². The van der Waals surface area contributed by atoms with E-state index >= 15 is 0 Å². The number of hydrogen-bond donors (Lipinski definition) is 2. The lowest BCUT2D eigenvalue weighted by molar-refractivity contribution is 0.120. The van der Waals surface area contributed by atoms with E-state index in [1.807, 2.05) is 6.92 Å². The number of aromatic nitrogens is 3. The van der Waals surface area contributed by atoms with Gasteiger partial charge in [-0.2, -0.15) is 9.97 Å². The van der Waals surface area contributed by atoms with Crippen molar-refractivity contribution in [3.8, 4) is 0 Å². The first kappa shape index (κ1) is 14.7. The van der Waals surface area contributed by atoms with Crippen molar-refractivity contribution in [1.82, 2.24) is 15.0 Å². The normalized spacial score (nSPS) is 22.0. The Balaban J connectivity index is 1.62. The van der Waals surface area contributed by atoms with Gasteiger partial charge in [0, 0.05) is 31.9 Å². The van der Waals surface area contributed by atoms with E-state index in [0.29, 0.717) is 0 Å². The molecule has 2 aromatic rings. The molecule has 0 saturated carbocycles. The number of ether oxygens (including phenoxy) is 2. The Morgan fingerprint density at radius 1 is 1.30 bits per heavy atom. The molecule has 4 heterocycles. The summed E-state index contributed by atoms with van der Waals surface area (Å²) in [5, 5.41) is 4.51. The Morgan fingerprint density at radius 3 is 2.96 bits per heavy atom. The van der Waals surface area contributed by atoms with Crippen LogP contribution in [0, 0.1) is 6.92 Å². The van der Waals surface area contributed by atoms with E-state index in [0.717, 1.165) is 80.8 Å². The zero-order valence-electron chi connectivity index (χ0n) is 13.5. The number of nitrogens with zero attached hydrogens (tertiary/aromatic N) is 3. The van der Waals surface area contributed by atoms with Crippen LogP contribution in [0.2, 0.25) is 0 Å². The molecule has 2 aliphatic heterocycles. The van der Waals surface area contributed by atoms with E-state index < -0.39 is 0 Å². The molecular weight excluding hydrogens is 294 g/mol. The Morgan fingerprint density at radius 2 is 2.17 bits per heavy atom. The highest BCUT2D eigenvalue weighted by Crippen LogP contribution is 2.25. The maximum atomic E-state index is 5.70. The first-order valence-corrected chi connectivity index (χ1v) is 8.35.